The lowest BCUT2D eigenvalue weighted by atomic mass is 10.2. The number of halogens is 3. The molecule has 0 saturated carbocycles. The van der Waals surface area contributed by atoms with Crippen molar-refractivity contribution in [2.45, 2.75) is 19.3 Å². The summed E-state index contributed by atoms with van der Waals surface area (Å²) in [5.74, 6) is 1.27. The van der Waals surface area contributed by atoms with Crippen LogP contribution in [0.3, 0.4) is 0 Å². The first-order valence-electron chi connectivity index (χ1n) is 8.51. The molecule has 0 aliphatic heterocycles. The van der Waals surface area contributed by atoms with Crippen LogP contribution >= 0.6 is 0 Å². The maximum atomic E-state index is 12.4. The van der Waals surface area contributed by atoms with Crippen molar-refractivity contribution in [3.05, 3.63) is 53.7 Å². The first kappa shape index (κ1) is 21.3. The van der Waals surface area contributed by atoms with Crippen LogP contribution in [0.4, 0.5) is 13.2 Å². The van der Waals surface area contributed by atoms with E-state index in [9.17, 15) is 13.2 Å². The molecule has 0 spiro atoms. The number of benzene rings is 1. The van der Waals surface area contributed by atoms with Crippen LogP contribution in [-0.4, -0.2) is 49.8 Å². The molecule has 1 heterocycles. The van der Waals surface area contributed by atoms with Crippen LogP contribution < -0.4 is 14.8 Å². The first-order valence-corrected chi connectivity index (χ1v) is 8.51. The summed E-state index contributed by atoms with van der Waals surface area (Å²) in [6.07, 6.45) is -3.04. The molecule has 152 valence electrons. The van der Waals surface area contributed by atoms with E-state index in [2.05, 4.69) is 15.3 Å². The van der Waals surface area contributed by atoms with Gasteiger partial charge in [0.1, 0.15) is 5.75 Å². The fourth-order valence-corrected chi connectivity index (χ4v) is 2.56. The Balaban J connectivity index is 2.02. The lowest BCUT2D eigenvalue weighted by Crippen LogP contribution is -2.38. The van der Waals surface area contributed by atoms with Crippen molar-refractivity contribution < 1.29 is 22.6 Å². The van der Waals surface area contributed by atoms with Crippen LogP contribution in [0.15, 0.2) is 47.6 Å². The van der Waals surface area contributed by atoms with Crippen LogP contribution in [-0.2, 0) is 13.1 Å². The van der Waals surface area contributed by atoms with Crippen molar-refractivity contribution in [3.63, 3.8) is 0 Å². The van der Waals surface area contributed by atoms with Crippen molar-refractivity contribution >= 4 is 5.96 Å². The summed E-state index contributed by atoms with van der Waals surface area (Å²) in [6.45, 7) is -0.641. The number of para-hydroxylation sites is 1. The normalized spacial score (nSPS) is 11.9. The molecule has 1 aromatic heterocycles. The molecule has 9 heteroatoms. The van der Waals surface area contributed by atoms with Crippen LogP contribution in [0.2, 0.25) is 0 Å². The summed E-state index contributed by atoms with van der Waals surface area (Å²) in [4.78, 5) is 9.99. The molecule has 1 aromatic carbocycles. The van der Waals surface area contributed by atoms with E-state index in [1.807, 2.05) is 36.2 Å². The van der Waals surface area contributed by atoms with E-state index in [1.165, 1.54) is 6.20 Å². The number of nitrogens with zero attached hydrogens (tertiary/aromatic N) is 3. The third-order valence-electron chi connectivity index (χ3n) is 3.83. The molecule has 6 nitrogen and oxygen atoms in total. The number of guanidine groups is 1. The topological polar surface area (TPSA) is 59.0 Å². The predicted molar refractivity (Wildman–Crippen MR) is 100 cm³/mol. The fourth-order valence-electron chi connectivity index (χ4n) is 2.56. The average Bonchev–Trinajstić information content (AvgIpc) is 2.67. The second-order valence-corrected chi connectivity index (χ2v) is 5.94. The van der Waals surface area contributed by atoms with Crippen molar-refractivity contribution in [2.75, 3.05) is 27.8 Å². The Labute approximate surface area is 162 Å². The largest absolute Gasteiger partial charge is 0.496 e. The van der Waals surface area contributed by atoms with Crippen LogP contribution in [0.25, 0.3) is 0 Å². The summed E-state index contributed by atoms with van der Waals surface area (Å²) in [5, 5.41) is 3.11. The minimum absolute atomic E-state index is 0.0600. The fraction of sp³-hybridized carbons (Fsp3) is 0.368. The van der Waals surface area contributed by atoms with Crippen molar-refractivity contribution in [3.8, 4) is 11.6 Å². The Hall–Kier alpha value is -2.97. The molecule has 28 heavy (non-hydrogen) atoms. The number of aliphatic imine (C=N–C) groups is 1. The van der Waals surface area contributed by atoms with Gasteiger partial charge in [-0.25, -0.2) is 4.98 Å². The average molecular weight is 396 g/mol. The highest BCUT2D eigenvalue weighted by atomic mass is 19.4. The quantitative estimate of drug-likeness (QED) is 0.575. The third-order valence-corrected chi connectivity index (χ3v) is 3.83. The Kier molecular flexibility index (Phi) is 7.48. The molecule has 0 atom stereocenters. The second-order valence-electron chi connectivity index (χ2n) is 5.94. The SMILES string of the molecule is CN=C(NCc1cccnc1OCC(F)(F)F)N(C)Cc1ccccc1OC. The molecule has 2 aromatic rings. The van der Waals surface area contributed by atoms with Gasteiger partial charge in [0.2, 0.25) is 5.88 Å². The van der Waals surface area contributed by atoms with Crippen LogP contribution in [0.1, 0.15) is 11.1 Å². The number of ether oxygens (including phenoxy) is 2. The van der Waals surface area contributed by atoms with Crippen molar-refractivity contribution in [2.24, 2.45) is 4.99 Å². The van der Waals surface area contributed by atoms with E-state index >= 15 is 0 Å². The number of hydrogen-bond acceptors (Lipinski definition) is 4. The van der Waals surface area contributed by atoms with Crippen molar-refractivity contribution in [1.82, 2.24) is 15.2 Å². The summed E-state index contributed by atoms with van der Waals surface area (Å²) in [7, 11) is 5.09. The molecule has 0 unspecified atom stereocenters. The van der Waals surface area contributed by atoms with Gasteiger partial charge in [-0.2, -0.15) is 13.2 Å². The number of pyridine rings is 1. The molecule has 0 fully saturated rings. The zero-order valence-corrected chi connectivity index (χ0v) is 16.0. The zero-order chi connectivity index (χ0) is 20.6. The molecule has 0 saturated heterocycles. The summed E-state index contributed by atoms with van der Waals surface area (Å²) < 4.78 is 47.4. The van der Waals surface area contributed by atoms with E-state index in [1.54, 1.807) is 26.3 Å². The molecule has 2 rings (SSSR count). The third kappa shape index (κ3) is 6.33. The summed E-state index contributed by atoms with van der Waals surface area (Å²) in [6, 6.07) is 10.9. The predicted octanol–water partition coefficient (Wildman–Crippen LogP) is 3.24. The number of methoxy groups -OCH3 is 1. The Morgan fingerprint density at radius 1 is 1.18 bits per heavy atom. The minimum atomic E-state index is -4.42. The molecule has 0 aliphatic rings. The minimum Gasteiger partial charge on any atom is -0.496 e. The number of aromatic nitrogens is 1. The summed E-state index contributed by atoms with van der Waals surface area (Å²) in [5.41, 5.74) is 1.48. The van der Waals surface area contributed by atoms with Gasteiger partial charge < -0.3 is 19.7 Å². The maximum absolute atomic E-state index is 12.4. The van der Waals surface area contributed by atoms with Gasteiger partial charge in [-0.15, -0.1) is 0 Å². The standard InChI is InChI=1S/C19H23F3N4O2/c1-23-18(26(2)12-15-7-4-5-9-16(15)27-3)25-11-14-8-6-10-24-17(14)28-13-19(20,21)22/h4-10H,11-13H2,1-3H3,(H,23,25). The number of nitrogens with one attached hydrogen (secondary N) is 1. The zero-order valence-electron chi connectivity index (χ0n) is 16.0. The van der Waals surface area contributed by atoms with E-state index < -0.39 is 12.8 Å². The lowest BCUT2D eigenvalue weighted by Gasteiger charge is -2.23. The second kappa shape index (κ2) is 9.82. The van der Waals surface area contributed by atoms with E-state index in [4.69, 9.17) is 9.47 Å². The van der Waals surface area contributed by atoms with E-state index in [-0.39, 0.29) is 12.4 Å². The van der Waals surface area contributed by atoms with Gasteiger partial charge >= 0.3 is 6.18 Å². The molecule has 0 bridgehead atoms. The van der Waals surface area contributed by atoms with Crippen LogP contribution in [0, 0.1) is 0 Å². The van der Waals surface area contributed by atoms with Gasteiger partial charge in [-0.3, -0.25) is 4.99 Å². The van der Waals surface area contributed by atoms with Gasteiger partial charge in [0.15, 0.2) is 12.6 Å². The summed E-state index contributed by atoms with van der Waals surface area (Å²) >= 11 is 0. The van der Waals surface area contributed by atoms with E-state index in [0.29, 0.717) is 18.1 Å². The highest BCUT2D eigenvalue weighted by Crippen LogP contribution is 2.21. The lowest BCUT2D eigenvalue weighted by molar-refractivity contribution is -0.154. The van der Waals surface area contributed by atoms with Gasteiger partial charge in [-0.1, -0.05) is 24.3 Å². The van der Waals surface area contributed by atoms with E-state index in [0.717, 1.165) is 11.3 Å². The molecular weight excluding hydrogens is 373 g/mol. The number of alkyl halides is 3. The highest BCUT2D eigenvalue weighted by molar-refractivity contribution is 5.79. The Morgan fingerprint density at radius 3 is 2.57 bits per heavy atom. The number of hydrogen-bond donors (Lipinski definition) is 1. The van der Waals surface area contributed by atoms with Gasteiger partial charge in [0, 0.05) is 44.5 Å². The Morgan fingerprint density at radius 2 is 1.89 bits per heavy atom. The monoisotopic (exact) mass is 396 g/mol. The Bertz CT molecular complexity index is 797. The van der Waals surface area contributed by atoms with Gasteiger partial charge in [0.25, 0.3) is 0 Å². The van der Waals surface area contributed by atoms with Crippen LogP contribution in [0.5, 0.6) is 11.6 Å². The maximum Gasteiger partial charge on any atom is 0.422 e. The smallest absolute Gasteiger partial charge is 0.422 e. The van der Waals surface area contributed by atoms with Gasteiger partial charge in [-0.05, 0) is 12.1 Å². The molecule has 0 aliphatic carbocycles. The molecule has 0 amide bonds. The first-order chi connectivity index (χ1) is 13.3. The van der Waals surface area contributed by atoms with Gasteiger partial charge in [0.05, 0.1) is 7.11 Å². The molecule has 1 N–H and O–H groups in total. The highest BCUT2D eigenvalue weighted by Gasteiger charge is 2.29. The number of rotatable bonds is 7. The van der Waals surface area contributed by atoms with Crippen molar-refractivity contribution in [1.29, 1.82) is 0 Å². The molecule has 0 radical (unpaired) electrons. The molecular formula is C19H23F3N4O2.